The van der Waals surface area contributed by atoms with Gasteiger partial charge in [0.05, 0.1) is 5.75 Å². The van der Waals surface area contributed by atoms with Gasteiger partial charge in [-0.05, 0) is 17.7 Å². The summed E-state index contributed by atoms with van der Waals surface area (Å²) in [5.74, 6) is -1.83. The Bertz CT molecular complexity index is 582. The van der Waals surface area contributed by atoms with Crippen LogP contribution in [0.15, 0.2) is 18.3 Å². The van der Waals surface area contributed by atoms with Crippen LogP contribution in [-0.4, -0.2) is 38.0 Å². The molecule has 2 N–H and O–H groups in total. The van der Waals surface area contributed by atoms with Gasteiger partial charge in [-0.3, -0.25) is 9.00 Å². The number of amides is 1. The highest BCUT2D eigenvalue weighted by atomic mass is 32.2. The topological polar surface area (TPSA) is 120 Å². The van der Waals surface area contributed by atoms with E-state index in [1.807, 2.05) is 6.07 Å². The molecule has 106 valence electrons. The highest BCUT2D eigenvalue weighted by Gasteiger charge is 2.21. The molecule has 0 saturated heterocycles. The van der Waals surface area contributed by atoms with E-state index >= 15 is 0 Å². The van der Waals surface area contributed by atoms with E-state index in [1.165, 1.54) is 19.2 Å². The van der Waals surface area contributed by atoms with Crippen molar-refractivity contribution in [2.45, 2.75) is 18.7 Å². The largest absolute Gasteiger partial charge is 0.480 e. The van der Waals surface area contributed by atoms with Crippen LogP contribution in [0.25, 0.3) is 0 Å². The molecule has 1 aromatic heterocycles. The fourth-order valence-corrected chi connectivity index (χ4v) is 2.74. The molecule has 1 unspecified atom stereocenters. The fourth-order valence-electron chi connectivity index (χ4n) is 1.48. The van der Waals surface area contributed by atoms with Crippen molar-refractivity contribution in [1.29, 1.82) is 5.26 Å². The lowest BCUT2D eigenvalue weighted by molar-refractivity contribution is -0.140. The minimum atomic E-state index is -1.48. The Morgan fingerprint density at radius 1 is 1.60 bits per heavy atom. The summed E-state index contributed by atoms with van der Waals surface area (Å²) < 4.78 is 11.9. The summed E-state index contributed by atoms with van der Waals surface area (Å²) >= 11 is 0. The van der Waals surface area contributed by atoms with E-state index in [4.69, 9.17) is 10.4 Å². The van der Waals surface area contributed by atoms with Crippen LogP contribution in [0, 0.1) is 11.3 Å². The van der Waals surface area contributed by atoms with Crippen molar-refractivity contribution in [1.82, 2.24) is 10.3 Å². The average molecular weight is 295 g/mol. The van der Waals surface area contributed by atoms with Crippen molar-refractivity contribution >= 4 is 22.7 Å². The molecule has 0 saturated carbocycles. The first kappa shape index (κ1) is 15.8. The van der Waals surface area contributed by atoms with Crippen LogP contribution in [0.3, 0.4) is 0 Å². The van der Waals surface area contributed by atoms with E-state index in [9.17, 15) is 13.8 Å². The van der Waals surface area contributed by atoms with E-state index in [1.54, 1.807) is 6.07 Å². The highest BCUT2D eigenvalue weighted by molar-refractivity contribution is 7.84. The lowest BCUT2D eigenvalue weighted by Gasteiger charge is -2.12. The van der Waals surface area contributed by atoms with Crippen molar-refractivity contribution in [3.8, 4) is 6.07 Å². The fraction of sp³-hybridized carbons (Fsp3) is 0.333. The van der Waals surface area contributed by atoms with Gasteiger partial charge in [0.1, 0.15) is 17.8 Å². The number of nitrogens with one attached hydrogen (secondary N) is 1. The molecule has 20 heavy (non-hydrogen) atoms. The zero-order chi connectivity index (χ0) is 15.1. The number of hydrogen-bond donors (Lipinski definition) is 2. The minimum absolute atomic E-state index is 0.0978. The molecule has 0 aliphatic carbocycles. The number of carbonyl (C=O) groups is 2. The molecule has 0 spiro atoms. The lowest BCUT2D eigenvalue weighted by atomic mass is 10.2. The molecule has 0 aromatic carbocycles. The number of aromatic nitrogens is 1. The van der Waals surface area contributed by atoms with Crippen molar-refractivity contribution < 1.29 is 18.9 Å². The second-order valence-corrected chi connectivity index (χ2v) is 5.50. The molecule has 1 heterocycles. The third-order valence-corrected chi connectivity index (χ3v) is 3.66. The highest BCUT2D eigenvalue weighted by Crippen LogP contribution is 2.06. The molecular weight excluding hydrogens is 282 g/mol. The summed E-state index contributed by atoms with van der Waals surface area (Å²) in [6.45, 7) is 1.20. The van der Waals surface area contributed by atoms with Crippen LogP contribution >= 0.6 is 0 Å². The minimum Gasteiger partial charge on any atom is -0.480 e. The summed E-state index contributed by atoms with van der Waals surface area (Å²) in [5.41, 5.74) is 0.831. The molecular formula is C12H13N3O4S. The zero-order valence-electron chi connectivity index (χ0n) is 10.7. The number of aliphatic carboxylic acids is 1. The lowest BCUT2D eigenvalue weighted by Crippen LogP contribution is -2.43. The van der Waals surface area contributed by atoms with Crippen molar-refractivity contribution in [2.24, 2.45) is 0 Å². The molecule has 7 nitrogen and oxygen atoms in total. The maximum absolute atomic E-state index is 11.9. The third-order valence-electron chi connectivity index (χ3n) is 2.29. The number of nitrogens with zero attached hydrogens (tertiary/aromatic N) is 2. The SMILES string of the molecule is CC(=O)N[C@@H](CS(=O)Cc1ccnc(C#N)c1)C(=O)O. The molecule has 1 amide bonds. The Hall–Kier alpha value is -2.27. The summed E-state index contributed by atoms with van der Waals surface area (Å²) in [4.78, 5) is 25.6. The first-order chi connectivity index (χ1) is 9.42. The number of pyridine rings is 1. The standard InChI is InChI=1S/C12H13N3O4S/c1-8(16)15-11(12(17)18)7-20(19)6-9-2-3-14-10(4-9)5-13/h2-4,11H,6-7H2,1H3,(H,15,16)(H,17,18)/t11-,20?/m0/s1. The maximum Gasteiger partial charge on any atom is 0.327 e. The van der Waals surface area contributed by atoms with Crippen LogP contribution < -0.4 is 5.32 Å². The van der Waals surface area contributed by atoms with Gasteiger partial charge in [-0.2, -0.15) is 5.26 Å². The monoisotopic (exact) mass is 295 g/mol. The van der Waals surface area contributed by atoms with E-state index in [-0.39, 0.29) is 17.2 Å². The predicted molar refractivity (Wildman–Crippen MR) is 70.9 cm³/mol. The predicted octanol–water partition coefficient (Wildman–Crippen LogP) is -0.209. The first-order valence-corrected chi connectivity index (χ1v) is 7.11. The van der Waals surface area contributed by atoms with Gasteiger partial charge >= 0.3 is 5.97 Å². The van der Waals surface area contributed by atoms with Crippen LogP contribution in [0.1, 0.15) is 18.2 Å². The van der Waals surface area contributed by atoms with Crippen LogP contribution in [0.4, 0.5) is 0 Å². The van der Waals surface area contributed by atoms with Gasteiger partial charge in [0.2, 0.25) is 5.91 Å². The summed E-state index contributed by atoms with van der Waals surface area (Å²) in [7, 11) is -1.48. The van der Waals surface area contributed by atoms with E-state index in [0.717, 1.165) is 0 Å². The number of hydrogen-bond acceptors (Lipinski definition) is 5. The van der Waals surface area contributed by atoms with E-state index in [2.05, 4.69) is 10.3 Å². The van der Waals surface area contributed by atoms with Gasteiger partial charge in [-0.15, -0.1) is 0 Å². The molecule has 0 fully saturated rings. The molecule has 1 aromatic rings. The molecule has 0 aliphatic rings. The molecule has 0 aliphatic heterocycles. The van der Waals surface area contributed by atoms with E-state index in [0.29, 0.717) is 5.56 Å². The second-order valence-electron chi connectivity index (χ2n) is 4.00. The van der Waals surface area contributed by atoms with Gasteiger partial charge in [0, 0.05) is 29.7 Å². The van der Waals surface area contributed by atoms with Crippen molar-refractivity contribution in [3.63, 3.8) is 0 Å². The summed E-state index contributed by atoms with van der Waals surface area (Å²) in [6.07, 6.45) is 1.42. The maximum atomic E-state index is 11.9. The van der Waals surface area contributed by atoms with Gasteiger partial charge in [0.25, 0.3) is 0 Å². The second kappa shape index (κ2) is 7.35. The smallest absolute Gasteiger partial charge is 0.327 e. The summed E-state index contributed by atoms with van der Waals surface area (Å²) in [5, 5.41) is 19.8. The van der Waals surface area contributed by atoms with Gasteiger partial charge in [-0.25, -0.2) is 9.78 Å². The van der Waals surface area contributed by atoms with Gasteiger partial charge in [-0.1, -0.05) is 0 Å². The average Bonchev–Trinajstić information content (AvgIpc) is 2.37. The Morgan fingerprint density at radius 3 is 2.85 bits per heavy atom. The van der Waals surface area contributed by atoms with Crippen LogP contribution in [0.5, 0.6) is 0 Å². The molecule has 8 heteroatoms. The normalized spacial score (nSPS) is 13.0. The Balaban J connectivity index is 2.68. The van der Waals surface area contributed by atoms with E-state index < -0.39 is 28.7 Å². The van der Waals surface area contributed by atoms with Crippen LogP contribution in [-0.2, 0) is 26.1 Å². The number of carbonyl (C=O) groups excluding carboxylic acids is 1. The molecule has 2 atom stereocenters. The molecule has 0 bridgehead atoms. The zero-order valence-corrected chi connectivity index (χ0v) is 11.5. The number of carboxylic acid groups (broad SMARTS) is 1. The quantitative estimate of drug-likeness (QED) is 0.749. The number of carboxylic acids is 1. The summed E-state index contributed by atoms with van der Waals surface area (Å²) in [6, 6.07) is 3.77. The third kappa shape index (κ3) is 5.16. The Morgan fingerprint density at radius 2 is 2.30 bits per heavy atom. The Labute approximate surface area is 118 Å². The number of rotatable bonds is 6. The first-order valence-electron chi connectivity index (χ1n) is 5.62. The van der Waals surface area contributed by atoms with Crippen molar-refractivity contribution in [2.75, 3.05) is 5.75 Å². The van der Waals surface area contributed by atoms with Crippen LogP contribution in [0.2, 0.25) is 0 Å². The molecule has 1 rings (SSSR count). The van der Waals surface area contributed by atoms with Gasteiger partial charge in [0.15, 0.2) is 0 Å². The Kier molecular flexibility index (Phi) is 5.80. The van der Waals surface area contributed by atoms with Gasteiger partial charge < -0.3 is 10.4 Å². The van der Waals surface area contributed by atoms with Crippen molar-refractivity contribution in [3.05, 3.63) is 29.6 Å². The molecule has 0 radical (unpaired) electrons. The number of nitriles is 1.